The topological polar surface area (TPSA) is 79.9 Å². The van der Waals surface area contributed by atoms with Crippen LogP contribution < -0.4 is 5.56 Å². The summed E-state index contributed by atoms with van der Waals surface area (Å²) in [5, 5.41) is 0. The van der Waals surface area contributed by atoms with Gasteiger partial charge in [-0.05, 0) is 19.8 Å². The number of nitrogens with one attached hydrogen (secondary N) is 1. The van der Waals surface area contributed by atoms with Gasteiger partial charge in [-0.2, -0.15) is 0 Å². The van der Waals surface area contributed by atoms with Crippen LogP contribution in [0, 0.1) is 6.92 Å². The molecule has 0 bridgehead atoms. The minimum atomic E-state index is -3.60. The molecule has 0 unspecified atom stereocenters. The Labute approximate surface area is 97.3 Å². The van der Waals surface area contributed by atoms with Crippen LogP contribution in [0.15, 0.2) is 10.9 Å². The predicted octanol–water partition coefficient (Wildman–Crippen LogP) is 0.722. The fourth-order valence-corrected chi connectivity index (χ4v) is 3.20. The van der Waals surface area contributed by atoms with Crippen molar-refractivity contribution < 1.29 is 8.42 Å². The van der Waals surface area contributed by atoms with E-state index in [4.69, 9.17) is 10.7 Å². The van der Waals surface area contributed by atoms with E-state index < -0.39 is 13.8 Å². The number of rotatable bonds is 3. The highest BCUT2D eigenvalue weighted by molar-refractivity contribution is 8.15. The maximum absolute atomic E-state index is 11.3. The molecule has 1 aliphatic carbocycles. The second-order valence-electron chi connectivity index (χ2n) is 4.13. The molecule has 0 saturated heterocycles. The molecular formula is C9H11ClN2O3S. The Balaban J connectivity index is 2.32. The maximum Gasteiger partial charge on any atom is 0.251 e. The summed E-state index contributed by atoms with van der Waals surface area (Å²) in [5.41, 5.74) is 0.298. The third kappa shape index (κ3) is 2.12. The van der Waals surface area contributed by atoms with Gasteiger partial charge < -0.3 is 4.98 Å². The number of nitrogens with zero attached hydrogens (tertiary/aromatic N) is 1. The third-order valence-electron chi connectivity index (χ3n) is 2.73. The Morgan fingerprint density at radius 3 is 2.62 bits per heavy atom. The summed E-state index contributed by atoms with van der Waals surface area (Å²) in [4.78, 5) is 17.8. The van der Waals surface area contributed by atoms with Crippen LogP contribution in [-0.2, 0) is 15.5 Å². The zero-order valence-corrected chi connectivity index (χ0v) is 10.2. The summed E-state index contributed by atoms with van der Waals surface area (Å²) >= 11 is 0. The van der Waals surface area contributed by atoms with Crippen LogP contribution in [0.3, 0.4) is 0 Å². The summed E-state index contributed by atoms with van der Waals surface area (Å²) in [6, 6.07) is 1.36. The largest absolute Gasteiger partial charge is 0.310 e. The van der Waals surface area contributed by atoms with Crippen LogP contribution in [0.25, 0.3) is 0 Å². The fourth-order valence-electron chi connectivity index (χ4n) is 1.68. The van der Waals surface area contributed by atoms with Gasteiger partial charge in [-0.3, -0.25) is 4.79 Å². The van der Waals surface area contributed by atoms with Crippen LogP contribution in [0.4, 0.5) is 0 Å². The number of hydrogen-bond donors (Lipinski definition) is 1. The number of H-pyrrole nitrogens is 1. The number of aryl methyl sites for hydroxylation is 1. The normalized spacial score (nSPS) is 18.4. The Kier molecular flexibility index (Phi) is 2.58. The van der Waals surface area contributed by atoms with Gasteiger partial charge in [0.2, 0.25) is 9.05 Å². The Morgan fingerprint density at radius 1 is 1.56 bits per heavy atom. The third-order valence-corrected chi connectivity index (χ3v) is 5.30. The SMILES string of the molecule is Cc1cc(=O)[nH]c(CC2(S(=O)(=O)Cl)CC2)n1. The van der Waals surface area contributed by atoms with Crippen LogP contribution >= 0.6 is 10.7 Å². The van der Waals surface area contributed by atoms with Gasteiger partial charge in [0.25, 0.3) is 5.56 Å². The minimum absolute atomic E-state index is 0.176. The van der Waals surface area contributed by atoms with Gasteiger partial charge in [0.1, 0.15) is 5.82 Å². The van der Waals surface area contributed by atoms with Crippen molar-refractivity contribution >= 4 is 19.7 Å². The molecule has 0 atom stereocenters. The fraction of sp³-hybridized carbons (Fsp3) is 0.556. The lowest BCUT2D eigenvalue weighted by atomic mass is 10.2. The maximum atomic E-state index is 11.3. The van der Waals surface area contributed by atoms with E-state index >= 15 is 0 Å². The number of aromatic nitrogens is 2. The van der Waals surface area contributed by atoms with Crippen LogP contribution in [-0.4, -0.2) is 23.1 Å². The highest BCUT2D eigenvalue weighted by Gasteiger charge is 2.54. The molecular weight excluding hydrogens is 252 g/mol. The van der Waals surface area contributed by atoms with E-state index in [1.807, 2.05) is 0 Å². The molecule has 1 aromatic rings. The van der Waals surface area contributed by atoms with Crippen LogP contribution in [0.1, 0.15) is 24.4 Å². The molecule has 5 nitrogen and oxygen atoms in total. The molecule has 2 rings (SSSR count). The molecule has 16 heavy (non-hydrogen) atoms. The number of hydrogen-bond acceptors (Lipinski definition) is 4. The van der Waals surface area contributed by atoms with Crippen molar-refractivity contribution in [1.29, 1.82) is 0 Å². The first-order valence-corrected chi connectivity index (χ1v) is 7.14. The molecule has 7 heteroatoms. The van der Waals surface area contributed by atoms with Crippen molar-refractivity contribution in [3.63, 3.8) is 0 Å². The lowest BCUT2D eigenvalue weighted by molar-refractivity contribution is 0.587. The smallest absolute Gasteiger partial charge is 0.251 e. The van der Waals surface area contributed by atoms with Crippen LogP contribution in [0.2, 0.25) is 0 Å². The molecule has 1 saturated carbocycles. The number of aromatic amines is 1. The van der Waals surface area contributed by atoms with E-state index in [0.29, 0.717) is 24.4 Å². The van der Waals surface area contributed by atoms with E-state index in [-0.39, 0.29) is 12.0 Å². The van der Waals surface area contributed by atoms with E-state index in [9.17, 15) is 13.2 Å². The van der Waals surface area contributed by atoms with Gasteiger partial charge in [0, 0.05) is 28.9 Å². The number of halogens is 1. The van der Waals surface area contributed by atoms with Gasteiger partial charge in [0.15, 0.2) is 0 Å². The first-order chi connectivity index (χ1) is 7.32. The van der Waals surface area contributed by atoms with Gasteiger partial charge in [0.05, 0.1) is 4.75 Å². The highest BCUT2D eigenvalue weighted by atomic mass is 35.7. The first-order valence-electron chi connectivity index (χ1n) is 4.83. The van der Waals surface area contributed by atoms with Crippen molar-refractivity contribution in [3.05, 3.63) is 27.9 Å². The molecule has 88 valence electrons. The summed E-state index contributed by atoms with van der Waals surface area (Å²) < 4.78 is 21.8. The Morgan fingerprint density at radius 2 is 2.19 bits per heavy atom. The van der Waals surface area contributed by atoms with Crippen molar-refractivity contribution in [2.75, 3.05) is 0 Å². The molecule has 0 spiro atoms. The van der Waals surface area contributed by atoms with Gasteiger partial charge in [-0.1, -0.05) is 0 Å². The van der Waals surface area contributed by atoms with Crippen molar-refractivity contribution in [2.45, 2.75) is 30.9 Å². The molecule has 0 radical (unpaired) electrons. The van der Waals surface area contributed by atoms with Crippen molar-refractivity contribution in [1.82, 2.24) is 9.97 Å². The quantitative estimate of drug-likeness (QED) is 0.814. The molecule has 0 amide bonds. The first kappa shape index (κ1) is 11.6. The average Bonchev–Trinajstić information content (AvgIpc) is 2.81. The average molecular weight is 263 g/mol. The van der Waals surface area contributed by atoms with Gasteiger partial charge >= 0.3 is 0 Å². The minimum Gasteiger partial charge on any atom is -0.310 e. The summed E-state index contributed by atoms with van der Waals surface area (Å²) in [6.07, 6.45) is 1.22. The van der Waals surface area contributed by atoms with E-state index in [0.717, 1.165) is 0 Å². The van der Waals surface area contributed by atoms with E-state index in [2.05, 4.69) is 9.97 Å². The summed E-state index contributed by atoms with van der Waals surface area (Å²) in [6.45, 7) is 1.69. The monoisotopic (exact) mass is 262 g/mol. The summed E-state index contributed by atoms with van der Waals surface area (Å²) in [7, 11) is 1.76. The molecule has 1 aliphatic rings. The van der Waals surface area contributed by atoms with E-state index in [1.165, 1.54) is 6.07 Å². The predicted molar refractivity (Wildman–Crippen MR) is 60.0 cm³/mol. The lowest BCUT2D eigenvalue weighted by Gasteiger charge is -2.10. The van der Waals surface area contributed by atoms with Gasteiger partial charge in [-0.25, -0.2) is 13.4 Å². The molecule has 0 aromatic carbocycles. The molecule has 0 aliphatic heterocycles. The zero-order valence-electron chi connectivity index (χ0n) is 8.66. The molecule has 1 heterocycles. The van der Waals surface area contributed by atoms with Gasteiger partial charge in [-0.15, -0.1) is 0 Å². The molecule has 1 N–H and O–H groups in total. The standard InChI is InChI=1S/C9H11ClN2O3S/c1-6-4-8(13)12-7(11-6)5-9(2-3-9)16(10,14)15/h4H,2-3,5H2,1H3,(H,11,12,13). The van der Waals surface area contributed by atoms with E-state index in [1.54, 1.807) is 6.92 Å². The highest BCUT2D eigenvalue weighted by Crippen LogP contribution is 2.47. The lowest BCUT2D eigenvalue weighted by Crippen LogP contribution is -2.24. The second kappa shape index (κ2) is 3.56. The molecule has 1 fully saturated rings. The summed E-state index contributed by atoms with van der Waals surface area (Å²) in [5.74, 6) is 0.381. The zero-order chi connectivity index (χ0) is 12.0. The second-order valence-corrected chi connectivity index (χ2v) is 7.09. The van der Waals surface area contributed by atoms with Crippen molar-refractivity contribution in [3.8, 4) is 0 Å². The van der Waals surface area contributed by atoms with Crippen LogP contribution in [0.5, 0.6) is 0 Å². The van der Waals surface area contributed by atoms with Crippen molar-refractivity contribution in [2.24, 2.45) is 0 Å². The Hall–Kier alpha value is -0.880. The molecule has 1 aromatic heterocycles. The Bertz CT molecular complexity index is 575.